The molecule has 0 radical (unpaired) electrons. The van der Waals surface area contributed by atoms with Gasteiger partial charge in [-0.25, -0.2) is 0 Å². The molecule has 1 nitrogen and oxygen atoms in total. The van der Waals surface area contributed by atoms with Gasteiger partial charge in [-0.15, -0.1) is 34.6 Å². The molecule has 1 aromatic heterocycles. The average Bonchev–Trinajstić information content (AvgIpc) is 3.00. The summed E-state index contributed by atoms with van der Waals surface area (Å²) < 4.78 is 0. The predicted molar refractivity (Wildman–Crippen MR) is 140 cm³/mol. The van der Waals surface area contributed by atoms with Crippen molar-refractivity contribution in [2.75, 3.05) is 12.5 Å². The molecule has 1 N–H and O–H groups in total. The van der Waals surface area contributed by atoms with Crippen LogP contribution in [0.4, 0.5) is 0 Å². The normalized spacial score (nSPS) is 11.9. The third kappa shape index (κ3) is 5.16. The van der Waals surface area contributed by atoms with Gasteiger partial charge in [-0.3, -0.25) is 0 Å². The summed E-state index contributed by atoms with van der Waals surface area (Å²) in [6, 6.07) is 8.95. The molecule has 0 atom stereocenters. The predicted octanol–water partition coefficient (Wildman–Crippen LogP) is 7.22. The van der Waals surface area contributed by atoms with Crippen molar-refractivity contribution in [1.29, 1.82) is 0 Å². The number of fused-ring (bicyclic) bond motifs is 3. The topological polar surface area (TPSA) is 15.8 Å². The summed E-state index contributed by atoms with van der Waals surface area (Å²) in [4.78, 5) is 6.16. The summed E-state index contributed by atoms with van der Waals surface area (Å²) in [6.45, 7) is 13.7. The van der Waals surface area contributed by atoms with Crippen LogP contribution in [0.15, 0.2) is 34.1 Å². The Hall–Kier alpha value is -1.51. The van der Waals surface area contributed by atoms with Crippen molar-refractivity contribution >= 4 is 61.5 Å². The molecule has 2 aromatic carbocycles. The lowest BCUT2D eigenvalue weighted by atomic mass is 10.0. The Bertz CT molecular complexity index is 1200. The van der Waals surface area contributed by atoms with Crippen molar-refractivity contribution in [3.8, 4) is 22.9 Å². The number of benzene rings is 2. The van der Waals surface area contributed by atoms with E-state index in [4.69, 9.17) is 0 Å². The minimum atomic E-state index is -1.52. The van der Waals surface area contributed by atoms with E-state index in [0.717, 1.165) is 22.2 Å². The number of nitrogens with one attached hydrogen (secondary N) is 1. The van der Waals surface area contributed by atoms with Gasteiger partial charge in [0.1, 0.15) is 16.1 Å². The molecule has 0 aliphatic carbocycles. The largest absolute Gasteiger partial charge is 0.353 e. The molecule has 3 rings (SSSR count). The number of hydrogen-bond acceptors (Lipinski definition) is 2. The second-order valence-electron chi connectivity index (χ2n) is 9.29. The van der Waals surface area contributed by atoms with E-state index in [1.165, 1.54) is 20.6 Å². The third-order valence-corrected chi connectivity index (χ3v) is 7.65. The van der Waals surface area contributed by atoms with E-state index in [0.29, 0.717) is 0 Å². The van der Waals surface area contributed by atoms with Gasteiger partial charge in [0.05, 0.1) is 16.6 Å². The van der Waals surface area contributed by atoms with Crippen LogP contribution in [0.3, 0.4) is 0 Å². The van der Waals surface area contributed by atoms with Crippen LogP contribution in [-0.2, 0) is 0 Å². The summed E-state index contributed by atoms with van der Waals surface area (Å²) in [6.07, 6.45) is 4.26. The quantitative estimate of drug-likeness (QED) is 0.251. The Labute approximate surface area is 185 Å². The maximum atomic E-state index is 3.66. The highest BCUT2D eigenvalue weighted by Crippen LogP contribution is 2.36. The first-order valence-electron chi connectivity index (χ1n) is 9.79. The first kappa shape index (κ1) is 22.2. The van der Waals surface area contributed by atoms with Crippen molar-refractivity contribution in [3.63, 3.8) is 0 Å². The van der Waals surface area contributed by atoms with Crippen LogP contribution in [0.5, 0.6) is 0 Å². The molecule has 0 bridgehead atoms. The third-order valence-electron chi connectivity index (χ3n) is 4.41. The SMILES string of the molecule is CSc1ccc2[nH]c3c(C#C[Si](C)(C)C)c(C#C[Si](C)(C)C)c(SC)cc3c2c1. The highest BCUT2D eigenvalue weighted by atomic mass is 32.2. The van der Waals surface area contributed by atoms with Crippen LogP contribution in [-0.4, -0.2) is 33.6 Å². The van der Waals surface area contributed by atoms with Crippen LogP contribution in [0.25, 0.3) is 21.8 Å². The van der Waals surface area contributed by atoms with Crippen molar-refractivity contribution in [3.05, 3.63) is 35.4 Å². The minimum absolute atomic E-state index is 1.07. The molecule has 0 amide bonds. The smallest absolute Gasteiger partial charge is 0.129 e. The first-order chi connectivity index (χ1) is 13.5. The van der Waals surface area contributed by atoms with Gasteiger partial charge in [0.15, 0.2) is 0 Å². The molecule has 0 saturated carbocycles. The van der Waals surface area contributed by atoms with Gasteiger partial charge >= 0.3 is 0 Å². The Morgan fingerprint density at radius 1 is 0.759 bits per heavy atom. The molecule has 0 saturated heterocycles. The molecule has 1 heterocycles. The number of thioether (sulfide) groups is 2. The second-order valence-corrected chi connectivity index (χ2v) is 20.5. The molecule has 0 aliphatic heterocycles. The van der Waals surface area contributed by atoms with Crippen LogP contribution < -0.4 is 0 Å². The zero-order valence-electron chi connectivity index (χ0n) is 18.6. The zero-order valence-corrected chi connectivity index (χ0v) is 22.3. The molecular weight excluding hydrogens is 423 g/mol. The van der Waals surface area contributed by atoms with Crippen LogP contribution in [0.2, 0.25) is 39.3 Å². The monoisotopic (exact) mass is 451 g/mol. The lowest BCUT2D eigenvalue weighted by Crippen LogP contribution is -2.17. The van der Waals surface area contributed by atoms with Crippen LogP contribution >= 0.6 is 23.5 Å². The fraction of sp³-hybridized carbons (Fsp3) is 0.333. The molecule has 29 heavy (non-hydrogen) atoms. The van der Waals surface area contributed by atoms with E-state index in [1.807, 2.05) is 0 Å². The highest BCUT2D eigenvalue weighted by molar-refractivity contribution is 7.98. The molecule has 5 heteroatoms. The fourth-order valence-corrected chi connectivity index (χ4v) is 5.06. The van der Waals surface area contributed by atoms with Gasteiger partial charge in [-0.2, -0.15) is 0 Å². The summed E-state index contributed by atoms with van der Waals surface area (Å²) in [7, 11) is -3.01. The molecule has 0 aliphatic rings. The molecule has 0 fully saturated rings. The van der Waals surface area contributed by atoms with Crippen molar-refractivity contribution in [1.82, 2.24) is 4.98 Å². The Morgan fingerprint density at radius 2 is 1.38 bits per heavy atom. The minimum Gasteiger partial charge on any atom is -0.353 e. The summed E-state index contributed by atoms with van der Waals surface area (Å²) >= 11 is 3.55. The van der Waals surface area contributed by atoms with Gasteiger partial charge in [0.25, 0.3) is 0 Å². The number of hydrogen-bond donors (Lipinski definition) is 1. The van der Waals surface area contributed by atoms with Gasteiger partial charge in [0.2, 0.25) is 0 Å². The molecule has 150 valence electrons. The number of aromatic nitrogens is 1. The fourth-order valence-electron chi connectivity index (χ4n) is 3.03. The average molecular weight is 452 g/mol. The van der Waals surface area contributed by atoms with Gasteiger partial charge in [-0.05, 0) is 36.8 Å². The van der Waals surface area contributed by atoms with E-state index in [9.17, 15) is 0 Å². The summed E-state index contributed by atoms with van der Waals surface area (Å²) in [5, 5.41) is 2.52. The first-order valence-corrected chi connectivity index (χ1v) is 19.2. The molecular formula is C24H29NS2Si2. The van der Waals surface area contributed by atoms with E-state index < -0.39 is 16.1 Å². The lowest BCUT2D eigenvalue weighted by Gasteiger charge is -2.10. The van der Waals surface area contributed by atoms with Gasteiger partial charge in [-0.1, -0.05) is 51.1 Å². The Morgan fingerprint density at radius 3 is 1.93 bits per heavy atom. The van der Waals surface area contributed by atoms with Gasteiger partial charge in [0, 0.05) is 26.1 Å². The molecule has 0 unspecified atom stereocenters. The maximum Gasteiger partial charge on any atom is 0.129 e. The van der Waals surface area contributed by atoms with Crippen LogP contribution in [0.1, 0.15) is 11.1 Å². The summed E-state index contributed by atoms with van der Waals surface area (Å²) in [5.41, 5.74) is 11.6. The number of rotatable bonds is 2. The van der Waals surface area contributed by atoms with Crippen molar-refractivity contribution < 1.29 is 0 Å². The Balaban J connectivity index is 2.45. The summed E-state index contributed by atoms with van der Waals surface area (Å²) in [5.74, 6) is 7.12. The second kappa shape index (κ2) is 8.32. The van der Waals surface area contributed by atoms with Crippen molar-refractivity contribution in [2.24, 2.45) is 0 Å². The van der Waals surface area contributed by atoms with E-state index in [2.05, 4.69) is 104 Å². The molecule has 0 spiro atoms. The molecule has 3 aromatic rings. The number of aromatic amines is 1. The Kier molecular flexibility index (Phi) is 6.36. The van der Waals surface area contributed by atoms with Crippen LogP contribution in [0, 0.1) is 22.9 Å². The van der Waals surface area contributed by atoms with E-state index in [-0.39, 0.29) is 0 Å². The van der Waals surface area contributed by atoms with Gasteiger partial charge < -0.3 is 4.98 Å². The standard InChI is InChI=1S/C24H29NS2Si2/c1-26-17-9-10-22-20(15-17)21-16-23(27-2)18(11-13-28(3,4)5)19(24(21)25-22)12-14-29(6,7)8/h9-10,15-16,25H,1-8H3. The van der Waals surface area contributed by atoms with E-state index in [1.54, 1.807) is 23.5 Å². The maximum absolute atomic E-state index is 3.66. The lowest BCUT2D eigenvalue weighted by molar-refractivity contribution is 1.41. The number of H-pyrrole nitrogens is 1. The zero-order chi connectivity index (χ0) is 21.4. The van der Waals surface area contributed by atoms with Crippen molar-refractivity contribution in [2.45, 2.75) is 49.1 Å². The highest BCUT2D eigenvalue weighted by Gasteiger charge is 2.17. The van der Waals surface area contributed by atoms with E-state index >= 15 is 0 Å².